The van der Waals surface area contributed by atoms with Gasteiger partial charge >= 0.3 is 5.97 Å². The second-order valence-electron chi connectivity index (χ2n) is 3.04. The van der Waals surface area contributed by atoms with Gasteiger partial charge in [-0.2, -0.15) is 0 Å². The van der Waals surface area contributed by atoms with Gasteiger partial charge in [0.15, 0.2) is 0 Å². The number of nitrogens with one attached hydrogen (secondary N) is 1. The molecule has 0 aromatic carbocycles. The number of esters is 1. The lowest BCUT2D eigenvalue weighted by molar-refractivity contribution is -0.150. The molecule has 0 bridgehead atoms. The van der Waals surface area contributed by atoms with Crippen LogP contribution in [0.4, 0.5) is 0 Å². The highest BCUT2D eigenvalue weighted by molar-refractivity contribution is 5.81. The number of carbonyl (C=O) groups is 1. The van der Waals surface area contributed by atoms with Crippen molar-refractivity contribution in [3.63, 3.8) is 0 Å². The Kier molecular flexibility index (Phi) is 3.05. The molecule has 4 nitrogen and oxygen atoms in total. The van der Waals surface area contributed by atoms with E-state index in [1.165, 1.54) is 7.11 Å². The Morgan fingerprint density at radius 1 is 1.58 bits per heavy atom. The zero-order chi connectivity index (χ0) is 9.03. The van der Waals surface area contributed by atoms with E-state index in [1.54, 1.807) is 7.11 Å². The van der Waals surface area contributed by atoms with Crippen molar-refractivity contribution in [2.45, 2.75) is 18.4 Å². The first-order chi connectivity index (χ1) is 5.75. The molecule has 12 heavy (non-hydrogen) atoms. The van der Waals surface area contributed by atoms with E-state index in [2.05, 4.69) is 5.32 Å². The molecule has 0 radical (unpaired) electrons. The lowest BCUT2D eigenvalue weighted by Crippen LogP contribution is -2.51. The quantitative estimate of drug-likeness (QED) is 0.607. The van der Waals surface area contributed by atoms with Crippen LogP contribution in [0.2, 0.25) is 0 Å². The van der Waals surface area contributed by atoms with Gasteiger partial charge < -0.3 is 9.47 Å². The summed E-state index contributed by atoms with van der Waals surface area (Å²) >= 11 is 0. The van der Waals surface area contributed by atoms with E-state index >= 15 is 0 Å². The van der Waals surface area contributed by atoms with Crippen molar-refractivity contribution >= 4 is 5.97 Å². The van der Waals surface area contributed by atoms with Crippen molar-refractivity contribution < 1.29 is 14.3 Å². The maximum Gasteiger partial charge on any atom is 0.328 e. The minimum absolute atomic E-state index is 0.221. The summed E-state index contributed by atoms with van der Waals surface area (Å²) in [5.41, 5.74) is -0.580. The molecule has 1 aliphatic heterocycles. The first-order valence-electron chi connectivity index (χ1n) is 4.07. The summed E-state index contributed by atoms with van der Waals surface area (Å²) in [6.45, 7) is 1.25. The fraction of sp³-hybridized carbons (Fsp3) is 0.875. The van der Waals surface area contributed by atoms with Crippen LogP contribution in [0.1, 0.15) is 12.8 Å². The Morgan fingerprint density at radius 3 is 2.75 bits per heavy atom. The summed E-state index contributed by atoms with van der Waals surface area (Å²) in [6, 6.07) is 0. The normalized spacial score (nSPS) is 28.8. The maximum atomic E-state index is 11.4. The highest BCUT2D eigenvalue weighted by atomic mass is 16.5. The Labute approximate surface area is 72.2 Å². The third-order valence-electron chi connectivity index (χ3n) is 2.21. The third-order valence-corrected chi connectivity index (χ3v) is 2.21. The van der Waals surface area contributed by atoms with Crippen LogP contribution in [0.25, 0.3) is 0 Å². The van der Waals surface area contributed by atoms with E-state index < -0.39 is 5.54 Å². The minimum Gasteiger partial charge on any atom is -0.468 e. The smallest absolute Gasteiger partial charge is 0.328 e. The van der Waals surface area contributed by atoms with Gasteiger partial charge in [-0.3, -0.25) is 5.32 Å². The Hall–Kier alpha value is -0.610. The van der Waals surface area contributed by atoms with Crippen molar-refractivity contribution in [2.24, 2.45) is 0 Å². The Morgan fingerprint density at radius 2 is 2.33 bits per heavy atom. The topological polar surface area (TPSA) is 47.6 Å². The number of ether oxygens (including phenoxy) is 2. The van der Waals surface area contributed by atoms with Crippen molar-refractivity contribution in [3.05, 3.63) is 0 Å². The van der Waals surface area contributed by atoms with Crippen LogP contribution >= 0.6 is 0 Å². The summed E-state index contributed by atoms with van der Waals surface area (Å²) in [5.74, 6) is -0.221. The summed E-state index contributed by atoms with van der Waals surface area (Å²) in [5, 5.41) is 3.12. The number of carbonyl (C=O) groups excluding carboxylic acids is 1. The fourth-order valence-corrected chi connectivity index (χ4v) is 1.60. The predicted octanol–water partition coefficient (Wildman–Crippen LogP) is -0.0720. The van der Waals surface area contributed by atoms with Crippen LogP contribution in [0.5, 0.6) is 0 Å². The van der Waals surface area contributed by atoms with Gasteiger partial charge in [0.2, 0.25) is 0 Å². The molecule has 0 aromatic rings. The van der Waals surface area contributed by atoms with E-state index in [0.29, 0.717) is 6.61 Å². The van der Waals surface area contributed by atoms with Gasteiger partial charge in [0.1, 0.15) is 5.54 Å². The molecule has 1 rings (SSSR count). The molecular formula is C8H15NO3. The fourth-order valence-electron chi connectivity index (χ4n) is 1.60. The van der Waals surface area contributed by atoms with Crippen molar-refractivity contribution in [1.82, 2.24) is 5.32 Å². The highest BCUT2D eigenvalue weighted by Gasteiger charge is 2.42. The lowest BCUT2D eigenvalue weighted by Gasteiger charge is -2.24. The minimum atomic E-state index is -0.580. The van der Waals surface area contributed by atoms with Crippen LogP contribution in [0, 0.1) is 0 Å². The van der Waals surface area contributed by atoms with Gasteiger partial charge in [-0.1, -0.05) is 0 Å². The molecule has 0 aliphatic carbocycles. The molecule has 1 fully saturated rings. The zero-order valence-corrected chi connectivity index (χ0v) is 7.55. The average Bonchev–Trinajstić information content (AvgIpc) is 2.53. The lowest BCUT2D eigenvalue weighted by atomic mass is 9.99. The molecule has 0 amide bonds. The molecule has 4 heteroatoms. The van der Waals surface area contributed by atoms with Crippen LogP contribution in [0.3, 0.4) is 0 Å². The van der Waals surface area contributed by atoms with Crippen LogP contribution in [0.15, 0.2) is 0 Å². The first-order valence-corrected chi connectivity index (χ1v) is 4.07. The summed E-state index contributed by atoms with van der Waals surface area (Å²) in [6.07, 6.45) is 1.80. The number of rotatable bonds is 3. The number of hydrogen-bond acceptors (Lipinski definition) is 4. The van der Waals surface area contributed by atoms with Crippen LogP contribution in [-0.2, 0) is 14.3 Å². The molecular weight excluding hydrogens is 158 g/mol. The van der Waals surface area contributed by atoms with E-state index in [0.717, 1.165) is 19.4 Å². The summed E-state index contributed by atoms with van der Waals surface area (Å²) < 4.78 is 9.70. The van der Waals surface area contributed by atoms with Crippen LogP contribution in [-0.4, -0.2) is 38.9 Å². The molecule has 1 atom stereocenters. The van der Waals surface area contributed by atoms with Gasteiger partial charge in [0.05, 0.1) is 13.7 Å². The molecule has 0 spiro atoms. The van der Waals surface area contributed by atoms with Gasteiger partial charge in [0, 0.05) is 7.11 Å². The van der Waals surface area contributed by atoms with E-state index in [-0.39, 0.29) is 5.97 Å². The van der Waals surface area contributed by atoms with E-state index in [1.807, 2.05) is 0 Å². The van der Waals surface area contributed by atoms with Gasteiger partial charge in [0.25, 0.3) is 0 Å². The largest absolute Gasteiger partial charge is 0.468 e. The SMILES string of the molecule is COC[C@]1(C(=O)OC)CCCN1. The Bertz CT molecular complexity index is 164. The van der Waals surface area contributed by atoms with Gasteiger partial charge in [-0.15, -0.1) is 0 Å². The molecule has 1 aliphatic rings. The maximum absolute atomic E-state index is 11.4. The van der Waals surface area contributed by atoms with E-state index in [9.17, 15) is 4.79 Å². The van der Waals surface area contributed by atoms with Crippen LogP contribution < -0.4 is 5.32 Å². The third kappa shape index (κ3) is 1.59. The summed E-state index contributed by atoms with van der Waals surface area (Å²) in [4.78, 5) is 11.4. The second-order valence-corrected chi connectivity index (χ2v) is 3.04. The van der Waals surface area contributed by atoms with Gasteiger partial charge in [-0.25, -0.2) is 4.79 Å². The predicted molar refractivity (Wildman–Crippen MR) is 43.9 cm³/mol. The van der Waals surface area contributed by atoms with Crippen molar-refractivity contribution in [1.29, 1.82) is 0 Å². The summed E-state index contributed by atoms with van der Waals surface area (Å²) in [7, 11) is 2.99. The molecule has 1 saturated heterocycles. The standard InChI is InChI=1S/C8H15NO3/c1-11-6-8(7(10)12-2)4-3-5-9-8/h9H,3-6H2,1-2H3/t8-/m0/s1. The molecule has 70 valence electrons. The molecule has 1 N–H and O–H groups in total. The van der Waals surface area contributed by atoms with Crippen molar-refractivity contribution in [2.75, 3.05) is 27.4 Å². The molecule has 0 aromatic heterocycles. The monoisotopic (exact) mass is 173 g/mol. The number of hydrogen-bond donors (Lipinski definition) is 1. The zero-order valence-electron chi connectivity index (χ0n) is 7.55. The molecule has 0 unspecified atom stereocenters. The number of methoxy groups -OCH3 is 2. The highest BCUT2D eigenvalue weighted by Crippen LogP contribution is 2.20. The molecule has 1 heterocycles. The van der Waals surface area contributed by atoms with E-state index in [4.69, 9.17) is 9.47 Å². The average molecular weight is 173 g/mol. The molecule has 0 saturated carbocycles. The first kappa shape index (κ1) is 9.48. The van der Waals surface area contributed by atoms with Gasteiger partial charge in [-0.05, 0) is 19.4 Å². The second kappa shape index (κ2) is 3.87. The Balaban J connectivity index is 2.64. The van der Waals surface area contributed by atoms with Crippen molar-refractivity contribution in [3.8, 4) is 0 Å².